The number of amides is 1. The Morgan fingerprint density at radius 2 is 1.76 bits per heavy atom. The summed E-state index contributed by atoms with van der Waals surface area (Å²) in [7, 11) is 0. The summed E-state index contributed by atoms with van der Waals surface area (Å²) in [4.78, 5) is 35.9. The van der Waals surface area contributed by atoms with E-state index in [0.29, 0.717) is 10.7 Å². The fourth-order valence-corrected chi connectivity index (χ4v) is 5.13. The minimum atomic E-state index is -0.484. The Bertz CT molecular complexity index is 1350. The number of ether oxygens (including phenoxy) is 1. The highest BCUT2D eigenvalue weighted by Crippen LogP contribution is 2.31. The van der Waals surface area contributed by atoms with Crippen molar-refractivity contribution in [1.29, 1.82) is 0 Å². The lowest BCUT2D eigenvalue weighted by Gasteiger charge is -2.19. The van der Waals surface area contributed by atoms with Gasteiger partial charge >= 0.3 is 5.97 Å². The summed E-state index contributed by atoms with van der Waals surface area (Å²) in [5.41, 5.74) is 5.06. The van der Waals surface area contributed by atoms with E-state index in [4.69, 9.17) is 9.72 Å². The van der Waals surface area contributed by atoms with Gasteiger partial charge in [-0.15, -0.1) is 11.3 Å². The van der Waals surface area contributed by atoms with Crippen molar-refractivity contribution in [2.24, 2.45) is 0 Å². The molecule has 0 bridgehead atoms. The van der Waals surface area contributed by atoms with Gasteiger partial charge in [-0.2, -0.15) is 0 Å². The zero-order valence-corrected chi connectivity index (χ0v) is 19.1. The number of nitrogens with zero attached hydrogens (tertiary/aromatic N) is 2. The predicted molar refractivity (Wildman–Crippen MR) is 130 cm³/mol. The average molecular weight is 458 g/mol. The van der Waals surface area contributed by atoms with E-state index in [-0.39, 0.29) is 6.61 Å². The van der Waals surface area contributed by atoms with Crippen LogP contribution in [0.2, 0.25) is 0 Å². The fraction of sp³-hybridized carbons (Fsp3) is 0.231. The van der Waals surface area contributed by atoms with Gasteiger partial charge in [-0.1, -0.05) is 48.5 Å². The first kappa shape index (κ1) is 21.3. The van der Waals surface area contributed by atoms with Gasteiger partial charge in [-0.3, -0.25) is 15.1 Å². The normalized spacial score (nSPS) is 12.9. The first-order valence-corrected chi connectivity index (χ1v) is 11.8. The number of anilines is 1. The zero-order valence-electron chi connectivity index (χ0n) is 18.3. The maximum Gasteiger partial charge on any atom is 0.339 e. The van der Waals surface area contributed by atoms with Crippen LogP contribution in [0.5, 0.6) is 0 Å². The number of hydrogen-bond acceptors (Lipinski definition) is 6. The SMILES string of the molecule is Cc1sc(NC(=O)COC(=O)c2c3c(nc4ccccc24)CCCC3)nc1-c1ccccc1. The van der Waals surface area contributed by atoms with Crippen LogP contribution in [-0.2, 0) is 22.4 Å². The van der Waals surface area contributed by atoms with E-state index < -0.39 is 11.9 Å². The lowest BCUT2D eigenvalue weighted by molar-refractivity contribution is -0.119. The molecule has 2 aromatic carbocycles. The van der Waals surface area contributed by atoms with Crippen LogP contribution in [0.1, 0.15) is 39.3 Å². The molecule has 0 aliphatic heterocycles. The number of para-hydroxylation sites is 1. The maximum atomic E-state index is 13.1. The van der Waals surface area contributed by atoms with E-state index in [0.717, 1.165) is 64.0 Å². The van der Waals surface area contributed by atoms with E-state index in [1.807, 2.05) is 61.5 Å². The van der Waals surface area contributed by atoms with Gasteiger partial charge in [0.15, 0.2) is 11.7 Å². The van der Waals surface area contributed by atoms with Crippen molar-refractivity contribution in [3.05, 3.63) is 76.3 Å². The summed E-state index contributed by atoms with van der Waals surface area (Å²) < 4.78 is 5.46. The number of aromatic nitrogens is 2. The molecule has 6 nitrogen and oxygen atoms in total. The van der Waals surface area contributed by atoms with E-state index in [9.17, 15) is 9.59 Å². The maximum absolute atomic E-state index is 13.1. The monoisotopic (exact) mass is 457 g/mol. The number of esters is 1. The molecule has 1 aliphatic rings. The Hall–Kier alpha value is -3.58. The molecule has 2 heterocycles. The highest BCUT2D eigenvalue weighted by Gasteiger charge is 2.24. The van der Waals surface area contributed by atoms with E-state index >= 15 is 0 Å². The molecule has 33 heavy (non-hydrogen) atoms. The molecule has 0 spiro atoms. The molecule has 0 saturated carbocycles. The molecule has 0 atom stereocenters. The van der Waals surface area contributed by atoms with Crippen molar-refractivity contribution >= 4 is 39.2 Å². The molecule has 1 N–H and O–H groups in total. The molecule has 7 heteroatoms. The van der Waals surface area contributed by atoms with Crippen LogP contribution in [0.3, 0.4) is 0 Å². The predicted octanol–water partition coefficient (Wildman–Crippen LogP) is 5.34. The molecular formula is C26H23N3O3S. The molecule has 5 rings (SSSR count). The van der Waals surface area contributed by atoms with Crippen LogP contribution < -0.4 is 5.32 Å². The Morgan fingerprint density at radius 3 is 2.61 bits per heavy atom. The first-order valence-electron chi connectivity index (χ1n) is 11.0. The van der Waals surface area contributed by atoms with E-state index in [1.54, 1.807) is 0 Å². The van der Waals surface area contributed by atoms with Gasteiger partial charge in [-0.25, -0.2) is 9.78 Å². The molecule has 2 aromatic heterocycles. The van der Waals surface area contributed by atoms with Gasteiger partial charge in [0.05, 0.1) is 16.8 Å². The van der Waals surface area contributed by atoms with Gasteiger partial charge in [-0.05, 0) is 44.2 Å². The third kappa shape index (κ3) is 4.36. The van der Waals surface area contributed by atoms with Crippen LogP contribution in [0.15, 0.2) is 54.6 Å². The number of rotatable bonds is 5. The number of fused-ring (bicyclic) bond motifs is 2. The van der Waals surface area contributed by atoms with Crippen molar-refractivity contribution in [3.8, 4) is 11.3 Å². The number of aryl methyl sites for hydroxylation is 2. The van der Waals surface area contributed by atoms with Crippen LogP contribution in [0.4, 0.5) is 5.13 Å². The molecule has 4 aromatic rings. The zero-order chi connectivity index (χ0) is 22.8. The van der Waals surface area contributed by atoms with Crippen LogP contribution in [-0.4, -0.2) is 28.5 Å². The smallest absolute Gasteiger partial charge is 0.339 e. The molecular weight excluding hydrogens is 434 g/mol. The van der Waals surface area contributed by atoms with Gasteiger partial charge in [0.1, 0.15) is 0 Å². The van der Waals surface area contributed by atoms with Crippen molar-refractivity contribution in [2.75, 3.05) is 11.9 Å². The van der Waals surface area contributed by atoms with Crippen molar-refractivity contribution < 1.29 is 14.3 Å². The Kier molecular flexibility index (Phi) is 5.88. The lowest BCUT2D eigenvalue weighted by Crippen LogP contribution is -2.22. The van der Waals surface area contributed by atoms with Crippen LogP contribution in [0, 0.1) is 6.92 Å². The molecule has 166 valence electrons. The largest absolute Gasteiger partial charge is 0.452 e. The summed E-state index contributed by atoms with van der Waals surface area (Å²) in [6.07, 6.45) is 3.73. The second-order valence-electron chi connectivity index (χ2n) is 8.05. The van der Waals surface area contributed by atoms with Crippen molar-refractivity contribution in [1.82, 2.24) is 9.97 Å². The van der Waals surface area contributed by atoms with Crippen LogP contribution in [0.25, 0.3) is 22.2 Å². The number of pyridine rings is 1. The Balaban J connectivity index is 1.31. The molecule has 0 unspecified atom stereocenters. The number of nitrogens with one attached hydrogen (secondary N) is 1. The topological polar surface area (TPSA) is 81.2 Å². The first-order chi connectivity index (χ1) is 16.1. The molecule has 1 amide bonds. The van der Waals surface area contributed by atoms with Gasteiger partial charge in [0.25, 0.3) is 5.91 Å². The number of carbonyl (C=O) groups is 2. The van der Waals surface area contributed by atoms with Crippen LogP contribution >= 0.6 is 11.3 Å². The van der Waals surface area contributed by atoms with Crippen molar-refractivity contribution in [3.63, 3.8) is 0 Å². The highest BCUT2D eigenvalue weighted by atomic mass is 32.1. The number of benzene rings is 2. The quantitative estimate of drug-likeness (QED) is 0.409. The average Bonchev–Trinajstić information content (AvgIpc) is 3.21. The molecule has 0 radical (unpaired) electrons. The molecule has 1 aliphatic carbocycles. The summed E-state index contributed by atoms with van der Waals surface area (Å²) in [5.74, 6) is -0.897. The van der Waals surface area contributed by atoms with Gasteiger partial charge in [0.2, 0.25) is 0 Å². The fourth-order valence-electron chi connectivity index (χ4n) is 4.28. The number of hydrogen-bond donors (Lipinski definition) is 1. The Labute approximate surface area is 195 Å². The summed E-state index contributed by atoms with van der Waals surface area (Å²) >= 11 is 1.40. The van der Waals surface area contributed by atoms with E-state index in [2.05, 4.69) is 10.3 Å². The standard InChI is InChI=1S/C26H23N3O3S/c1-16-24(17-9-3-2-4-10-17)29-26(33-16)28-22(30)15-32-25(31)23-18-11-5-7-13-20(18)27-21-14-8-6-12-19(21)23/h2-5,7,9-11,13H,6,8,12,14-15H2,1H3,(H,28,29,30). The third-order valence-electron chi connectivity index (χ3n) is 5.80. The van der Waals surface area contributed by atoms with Gasteiger partial charge < -0.3 is 4.74 Å². The second kappa shape index (κ2) is 9.11. The molecule has 0 fully saturated rings. The second-order valence-corrected chi connectivity index (χ2v) is 9.25. The Morgan fingerprint density at radius 1 is 1.00 bits per heavy atom. The van der Waals surface area contributed by atoms with E-state index in [1.165, 1.54) is 11.3 Å². The lowest BCUT2D eigenvalue weighted by atomic mass is 9.90. The minimum Gasteiger partial charge on any atom is -0.452 e. The minimum absolute atomic E-state index is 0.371. The number of carbonyl (C=O) groups excluding carboxylic acids is 2. The summed E-state index contributed by atoms with van der Waals surface area (Å²) in [6.45, 7) is 1.59. The highest BCUT2D eigenvalue weighted by molar-refractivity contribution is 7.16. The third-order valence-corrected chi connectivity index (χ3v) is 6.68. The summed E-state index contributed by atoms with van der Waals surface area (Å²) in [6, 6.07) is 17.4. The number of thiazole rings is 1. The van der Waals surface area contributed by atoms with Crippen molar-refractivity contribution in [2.45, 2.75) is 32.6 Å². The summed E-state index contributed by atoms with van der Waals surface area (Å²) in [5, 5.41) is 4.01. The molecule has 0 saturated heterocycles. The van der Waals surface area contributed by atoms with Gasteiger partial charge in [0, 0.05) is 21.5 Å².